The summed E-state index contributed by atoms with van der Waals surface area (Å²) in [6.07, 6.45) is 1.60. The van der Waals surface area contributed by atoms with Crippen LogP contribution in [0.2, 0.25) is 0 Å². The van der Waals surface area contributed by atoms with Crippen LogP contribution < -0.4 is 5.32 Å². The number of carbonyl (C=O) groups excluding carboxylic acids is 4. The summed E-state index contributed by atoms with van der Waals surface area (Å²) >= 11 is 0. The molecule has 0 fully saturated rings. The van der Waals surface area contributed by atoms with Gasteiger partial charge in [0.1, 0.15) is 17.6 Å². The van der Waals surface area contributed by atoms with E-state index in [2.05, 4.69) is 15.0 Å². The highest BCUT2D eigenvalue weighted by Gasteiger charge is 2.36. The molecule has 9 heteroatoms. The fraction of sp³-hybridized carbons (Fsp3) is 0.526. The van der Waals surface area contributed by atoms with E-state index in [0.29, 0.717) is 0 Å². The second kappa shape index (κ2) is 10.4. The lowest BCUT2D eigenvalue weighted by Gasteiger charge is -2.24. The maximum Gasteiger partial charge on any atom is 0.408 e. The molecule has 0 spiro atoms. The summed E-state index contributed by atoms with van der Waals surface area (Å²) in [5.74, 6) is -3.49. The number of hydrogen-bond donors (Lipinski definition) is 1. The van der Waals surface area contributed by atoms with Crippen molar-refractivity contribution in [2.75, 3.05) is 13.7 Å². The molecule has 0 aliphatic heterocycles. The number of methoxy groups -OCH3 is 1. The standard InChI is InChI=1S/C19H26N2O7/c1-6-27-16(23)13(15(22)12-7-9-20-10-8-12)11-14(17(24)26-5)21-18(25)28-19(2,3)4/h7-10,13-14H,6,11H2,1-5H3,(H,21,25)/t13?,14-/m0/s1. The fourth-order valence-electron chi connectivity index (χ4n) is 2.31. The molecule has 0 saturated heterocycles. The molecule has 2 atom stereocenters. The van der Waals surface area contributed by atoms with Gasteiger partial charge in [-0.05, 0) is 46.2 Å². The molecule has 28 heavy (non-hydrogen) atoms. The molecular formula is C19H26N2O7. The summed E-state index contributed by atoms with van der Waals surface area (Å²) in [4.78, 5) is 53.2. The highest BCUT2D eigenvalue weighted by Crippen LogP contribution is 2.18. The van der Waals surface area contributed by atoms with E-state index in [-0.39, 0.29) is 18.6 Å². The van der Waals surface area contributed by atoms with Crippen molar-refractivity contribution in [2.24, 2.45) is 5.92 Å². The second-order valence-corrected chi connectivity index (χ2v) is 6.86. The van der Waals surface area contributed by atoms with Gasteiger partial charge < -0.3 is 19.5 Å². The third kappa shape index (κ3) is 7.34. The number of ketones is 1. The molecule has 1 aromatic heterocycles. The SMILES string of the molecule is CCOC(=O)C(C[C@H](NC(=O)OC(C)(C)C)C(=O)OC)C(=O)c1ccncc1. The van der Waals surface area contributed by atoms with Crippen LogP contribution in [-0.4, -0.2) is 54.2 Å². The number of pyridine rings is 1. The first-order chi connectivity index (χ1) is 13.1. The lowest BCUT2D eigenvalue weighted by Crippen LogP contribution is -2.46. The zero-order chi connectivity index (χ0) is 21.3. The maximum absolute atomic E-state index is 12.8. The number of esters is 2. The van der Waals surface area contributed by atoms with Gasteiger partial charge in [0.05, 0.1) is 13.7 Å². The lowest BCUT2D eigenvalue weighted by atomic mass is 9.91. The molecule has 0 aromatic carbocycles. The van der Waals surface area contributed by atoms with Crippen molar-refractivity contribution in [1.29, 1.82) is 0 Å². The van der Waals surface area contributed by atoms with E-state index < -0.39 is 41.4 Å². The third-order valence-electron chi connectivity index (χ3n) is 3.50. The molecule has 1 aromatic rings. The fourth-order valence-corrected chi connectivity index (χ4v) is 2.31. The van der Waals surface area contributed by atoms with Crippen LogP contribution in [0.3, 0.4) is 0 Å². The molecule has 0 bridgehead atoms. The second-order valence-electron chi connectivity index (χ2n) is 6.86. The van der Waals surface area contributed by atoms with Crippen molar-refractivity contribution < 1.29 is 33.4 Å². The van der Waals surface area contributed by atoms with Gasteiger partial charge in [0.2, 0.25) is 0 Å². The number of Topliss-reactive ketones (excluding diaryl/α,β-unsaturated/α-hetero) is 1. The molecular weight excluding hydrogens is 368 g/mol. The number of aromatic nitrogens is 1. The van der Waals surface area contributed by atoms with Gasteiger partial charge in [-0.1, -0.05) is 0 Å². The van der Waals surface area contributed by atoms with Crippen molar-refractivity contribution in [1.82, 2.24) is 10.3 Å². The number of amides is 1. The molecule has 1 heterocycles. The highest BCUT2D eigenvalue weighted by atomic mass is 16.6. The normalized spacial score (nSPS) is 13.0. The van der Waals surface area contributed by atoms with Gasteiger partial charge >= 0.3 is 18.0 Å². The van der Waals surface area contributed by atoms with Crippen LogP contribution in [0.25, 0.3) is 0 Å². The smallest absolute Gasteiger partial charge is 0.408 e. The van der Waals surface area contributed by atoms with Gasteiger partial charge in [0, 0.05) is 18.0 Å². The predicted molar refractivity (Wildman–Crippen MR) is 98.5 cm³/mol. The van der Waals surface area contributed by atoms with Crippen LogP contribution in [0.15, 0.2) is 24.5 Å². The summed E-state index contributed by atoms with van der Waals surface area (Å²) in [6.45, 7) is 6.64. The van der Waals surface area contributed by atoms with Gasteiger partial charge in [0.25, 0.3) is 0 Å². The summed E-state index contributed by atoms with van der Waals surface area (Å²) in [5.41, 5.74) is -0.563. The van der Waals surface area contributed by atoms with Crippen molar-refractivity contribution in [3.05, 3.63) is 30.1 Å². The number of alkyl carbamates (subject to hydrolysis) is 1. The molecule has 1 amide bonds. The molecule has 9 nitrogen and oxygen atoms in total. The zero-order valence-electron chi connectivity index (χ0n) is 16.7. The van der Waals surface area contributed by atoms with E-state index in [4.69, 9.17) is 9.47 Å². The van der Waals surface area contributed by atoms with Gasteiger partial charge in [-0.3, -0.25) is 14.6 Å². The van der Waals surface area contributed by atoms with E-state index in [0.717, 1.165) is 7.11 Å². The van der Waals surface area contributed by atoms with Crippen molar-refractivity contribution in [2.45, 2.75) is 45.8 Å². The Morgan fingerprint density at radius 1 is 1.11 bits per heavy atom. The predicted octanol–water partition coefficient (Wildman–Crippen LogP) is 1.90. The van der Waals surface area contributed by atoms with Gasteiger partial charge in [-0.25, -0.2) is 9.59 Å². The minimum atomic E-state index is -1.32. The van der Waals surface area contributed by atoms with E-state index in [1.807, 2.05) is 0 Å². The van der Waals surface area contributed by atoms with Gasteiger partial charge in [-0.15, -0.1) is 0 Å². The maximum atomic E-state index is 12.8. The van der Waals surface area contributed by atoms with Crippen LogP contribution in [0.5, 0.6) is 0 Å². The number of rotatable bonds is 8. The molecule has 0 aliphatic rings. The Labute approximate surface area is 163 Å². The Hall–Kier alpha value is -2.97. The Kier molecular flexibility index (Phi) is 8.56. The van der Waals surface area contributed by atoms with Crippen molar-refractivity contribution in [3.63, 3.8) is 0 Å². The highest BCUT2D eigenvalue weighted by molar-refractivity contribution is 6.09. The molecule has 1 unspecified atom stereocenters. The summed E-state index contributed by atoms with van der Waals surface area (Å²) in [6, 6.07) is 1.62. The lowest BCUT2D eigenvalue weighted by molar-refractivity contribution is -0.148. The van der Waals surface area contributed by atoms with E-state index in [1.165, 1.54) is 24.5 Å². The molecule has 1 N–H and O–H groups in total. The number of ether oxygens (including phenoxy) is 3. The number of hydrogen-bond acceptors (Lipinski definition) is 8. The van der Waals surface area contributed by atoms with E-state index in [1.54, 1.807) is 27.7 Å². The minimum absolute atomic E-state index is 0.0569. The van der Waals surface area contributed by atoms with Crippen LogP contribution in [-0.2, 0) is 23.8 Å². The summed E-state index contributed by atoms with van der Waals surface area (Å²) < 4.78 is 14.8. The van der Waals surface area contributed by atoms with Crippen molar-refractivity contribution in [3.8, 4) is 0 Å². The quantitative estimate of drug-likeness (QED) is 0.307. The largest absolute Gasteiger partial charge is 0.467 e. The summed E-state index contributed by atoms with van der Waals surface area (Å²) in [7, 11) is 1.14. The zero-order valence-corrected chi connectivity index (χ0v) is 16.7. The first kappa shape index (κ1) is 23.1. The van der Waals surface area contributed by atoms with Gasteiger partial charge in [-0.2, -0.15) is 0 Å². The minimum Gasteiger partial charge on any atom is -0.467 e. The molecule has 0 saturated carbocycles. The Balaban J connectivity index is 3.08. The average molecular weight is 394 g/mol. The molecule has 1 rings (SSSR count). The number of carbonyl (C=O) groups is 4. The van der Waals surface area contributed by atoms with Crippen LogP contribution in [0, 0.1) is 5.92 Å². The summed E-state index contributed by atoms with van der Waals surface area (Å²) in [5, 5.41) is 2.35. The van der Waals surface area contributed by atoms with Crippen LogP contribution >= 0.6 is 0 Å². The van der Waals surface area contributed by atoms with Crippen LogP contribution in [0.4, 0.5) is 4.79 Å². The number of nitrogens with zero attached hydrogens (tertiary/aromatic N) is 1. The molecule has 0 aliphatic carbocycles. The topological polar surface area (TPSA) is 121 Å². The Morgan fingerprint density at radius 3 is 2.21 bits per heavy atom. The van der Waals surface area contributed by atoms with E-state index in [9.17, 15) is 19.2 Å². The van der Waals surface area contributed by atoms with Crippen LogP contribution in [0.1, 0.15) is 44.5 Å². The Morgan fingerprint density at radius 2 is 1.71 bits per heavy atom. The van der Waals surface area contributed by atoms with Crippen molar-refractivity contribution >= 4 is 23.8 Å². The van der Waals surface area contributed by atoms with Gasteiger partial charge in [0.15, 0.2) is 5.78 Å². The molecule has 154 valence electrons. The number of nitrogens with one attached hydrogen (secondary N) is 1. The third-order valence-corrected chi connectivity index (χ3v) is 3.50. The van der Waals surface area contributed by atoms with E-state index >= 15 is 0 Å². The first-order valence-corrected chi connectivity index (χ1v) is 8.77. The first-order valence-electron chi connectivity index (χ1n) is 8.77. The monoisotopic (exact) mass is 394 g/mol. The molecule has 0 radical (unpaired) electrons. The average Bonchev–Trinajstić information content (AvgIpc) is 2.63. The Bertz CT molecular complexity index is 698.